The lowest BCUT2D eigenvalue weighted by atomic mass is 10.1. The fourth-order valence-corrected chi connectivity index (χ4v) is 3.56. The normalized spacial score (nSPS) is 12.9. The first-order valence-corrected chi connectivity index (χ1v) is 10.0. The second-order valence-electron chi connectivity index (χ2n) is 6.14. The van der Waals surface area contributed by atoms with E-state index in [1.54, 1.807) is 12.1 Å². The molecule has 144 valence electrons. The van der Waals surface area contributed by atoms with E-state index >= 15 is 0 Å². The van der Waals surface area contributed by atoms with Crippen molar-refractivity contribution in [2.24, 2.45) is 5.73 Å². The maximum absolute atomic E-state index is 11.4. The van der Waals surface area contributed by atoms with Gasteiger partial charge in [-0.15, -0.1) is 0 Å². The molecule has 3 rings (SSSR count). The minimum absolute atomic E-state index is 0.0361. The first-order valence-electron chi connectivity index (χ1n) is 8.71. The van der Waals surface area contributed by atoms with Crippen LogP contribution in [0.15, 0.2) is 78.4 Å². The van der Waals surface area contributed by atoms with Crippen molar-refractivity contribution in [1.82, 2.24) is 0 Å². The Kier molecular flexibility index (Phi) is 6.85. The van der Waals surface area contributed by atoms with Gasteiger partial charge in [-0.1, -0.05) is 66.2 Å². The van der Waals surface area contributed by atoms with E-state index in [2.05, 4.69) is 18.2 Å². The maximum Gasteiger partial charge on any atom is 0.236 e. The summed E-state index contributed by atoms with van der Waals surface area (Å²) in [4.78, 5) is 11.4. The third kappa shape index (κ3) is 5.00. The number of halogens is 1. The van der Waals surface area contributed by atoms with Crippen molar-refractivity contribution in [3.63, 3.8) is 0 Å². The zero-order valence-corrected chi connectivity index (χ0v) is 16.9. The Bertz CT molecular complexity index is 983. The number of nitrogens with two attached hydrogens (primary N) is 1. The Morgan fingerprint density at radius 3 is 2.57 bits per heavy atom. The van der Waals surface area contributed by atoms with Gasteiger partial charge in [-0.25, -0.2) is 0 Å². The molecule has 28 heavy (non-hydrogen) atoms. The Labute approximate surface area is 173 Å². The molecule has 1 unspecified atom stereocenters. The van der Waals surface area contributed by atoms with Gasteiger partial charge in [-0.05, 0) is 41.0 Å². The SMILES string of the molecule is CC(O/C(N)=C(\C=O)OSCc1cccc2ccccc12)c1ccc(Cl)cc1. The zero-order valence-electron chi connectivity index (χ0n) is 15.3. The molecule has 0 fully saturated rings. The number of hydrogen-bond donors (Lipinski definition) is 1. The quantitative estimate of drug-likeness (QED) is 0.220. The van der Waals surface area contributed by atoms with Crippen molar-refractivity contribution in [3.8, 4) is 0 Å². The predicted molar refractivity (Wildman–Crippen MR) is 115 cm³/mol. The van der Waals surface area contributed by atoms with Gasteiger partial charge >= 0.3 is 0 Å². The number of rotatable bonds is 8. The van der Waals surface area contributed by atoms with Crippen molar-refractivity contribution >= 4 is 40.7 Å². The zero-order chi connectivity index (χ0) is 19.9. The molecule has 0 radical (unpaired) electrons. The van der Waals surface area contributed by atoms with Crippen LogP contribution < -0.4 is 5.73 Å². The van der Waals surface area contributed by atoms with Crippen LogP contribution in [-0.4, -0.2) is 6.29 Å². The van der Waals surface area contributed by atoms with Crippen molar-refractivity contribution in [1.29, 1.82) is 0 Å². The molecule has 0 saturated carbocycles. The summed E-state index contributed by atoms with van der Waals surface area (Å²) in [5.74, 6) is 0.479. The first kappa shape index (κ1) is 20.1. The molecule has 3 aromatic rings. The molecule has 0 amide bonds. The molecule has 1 atom stereocenters. The number of carbonyl (C=O) groups excluding carboxylic acids is 1. The minimum atomic E-state index is -0.348. The Morgan fingerprint density at radius 1 is 1.11 bits per heavy atom. The van der Waals surface area contributed by atoms with Crippen molar-refractivity contribution < 1.29 is 13.7 Å². The lowest BCUT2D eigenvalue weighted by Crippen LogP contribution is -2.11. The van der Waals surface area contributed by atoms with E-state index < -0.39 is 0 Å². The van der Waals surface area contributed by atoms with Crippen LogP contribution in [0.2, 0.25) is 5.02 Å². The summed E-state index contributed by atoms with van der Waals surface area (Å²) in [6.07, 6.45) is 0.207. The van der Waals surface area contributed by atoms with E-state index in [4.69, 9.17) is 26.3 Å². The lowest BCUT2D eigenvalue weighted by Gasteiger charge is -2.16. The Hall–Kier alpha value is -2.63. The average molecular weight is 414 g/mol. The van der Waals surface area contributed by atoms with Crippen LogP contribution in [0.25, 0.3) is 10.8 Å². The molecule has 0 aliphatic rings. The number of hydrogen-bond acceptors (Lipinski definition) is 5. The highest BCUT2D eigenvalue weighted by molar-refractivity contribution is 7.94. The number of fused-ring (bicyclic) bond motifs is 1. The fraction of sp³-hybridized carbons (Fsp3) is 0.136. The fourth-order valence-electron chi connectivity index (χ4n) is 2.74. The van der Waals surface area contributed by atoms with Gasteiger partial charge in [0.2, 0.25) is 11.6 Å². The largest absolute Gasteiger partial charge is 0.469 e. The Balaban J connectivity index is 1.64. The van der Waals surface area contributed by atoms with Crippen LogP contribution in [0.5, 0.6) is 0 Å². The van der Waals surface area contributed by atoms with E-state index in [0.29, 0.717) is 17.1 Å². The molecule has 0 saturated heterocycles. The maximum atomic E-state index is 11.4. The lowest BCUT2D eigenvalue weighted by molar-refractivity contribution is -0.106. The second kappa shape index (κ2) is 9.53. The summed E-state index contributed by atoms with van der Waals surface area (Å²) in [5.41, 5.74) is 7.93. The molecular weight excluding hydrogens is 394 g/mol. The smallest absolute Gasteiger partial charge is 0.236 e. The molecule has 0 aliphatic carbocycles. The van der Waals surface area contributed by atoms with Gasteiger partial charge in [0.1, 0.15) is 6.10 Å². The summed E-state index contributed by atoms with van der Waals surface area (Å²) < 4.78 is 11.2. The number of benzene rings is 3. The summed E-state index contributed by atoms with van der Waals surface area (Å²) in [5, 5.41) is 2.95. The first-order chi connectivity index (χ1) is 13.6. The predicted octanol–water partition coefficient (Wildman–Crippen LogP) is 5.76. The number of aldehydes is 1. The van der Waals surface area contributed by atoms with Crippen LogP contribution in [0.3, 0.4) is 0 Å². The third-order valence-corrected chi connectivity index (χ3v) is 5.21. The molecule has 4 nitrogen and oxygen atoms in total. The summed E-state index contributed by atoms with van der Waals surface area (Å²) in [6, 6.07) is 21.4. The van der Waals surface area contributed by atoms with Gasteiger partial charge in [0.05, 0.1) is 17.8 Å². The molecule has 6 heteroatoms. The minimum Gasteiger partial charge on any atom is -0.469 e. The van der Waals surface area contributed by atoms with Crippen LogP contribution in [0.4, 0.5) is 0 Å². The monoisotopic (exact) mass is 413 g/mol. The van der Waals surface area contributed by atoms with Gasteiger partial charge in [-0.2, -0.15) is 0 Å². The van der Waals surface area contributed by atoms with Gasteiger partial charge in [0.15, 0.2) is 6.29 Å². The highest BCUT2D eigenvalue weighted by Gasteiger charge is 2.13. The molecule has 0 heterocycles. The number of ether oxygens (including phenoxy) is 1. The number of carbonyl (C=O) groups is 1. The van der Waals surface area contributed by atoms with Crippen molar-refractivity contribution in [3.05, 3.63) is 94.5 Å². The summed E-state index contributed by atoms with van der Waals surface area (Å²) >= 11 is 7.04. The van der Waals surface area contributed by atoms with Crippen LogP contribution in [0.1, 0.15) is 24.2 Å². The Morgan fingerprint density at radius 2 is 1.82 bits per heavy atom. The van der Waals surface area contributed by atoms with E-state index in [0.717, 1.165) is 33.9 Å². The standard InChI is InChI=1S/C22H20ClNO3S/c1-15(16-9-11-19(23)12-10-16)26-22(24)21(13-25)27-28-14-18-7-4-6-17-5-2-3-8-20(17)18/h2-13,15H,14,24H2,1H3/b22-21+. The topological polar surface area (TPSA) is 61.5 Å². The molecule has 2 N–H and O–H groups in total. The van der Waals surface area contributed by atoms with Crippen molar-refractivity contribution in [2.45, 2.75) is 18.8 Å². The van der Waals surface area contributed by atoms with Gasteiger partial charge in [0.25, 0.3) is 0 Å². The van der Waals surface area contributed by atoms with E-state index in [-0.39, 0.29) is 17.7 Å². The van der Waals surface area contributed by atoms with E-state index in [1.807, 2.05) is 43.3 Å². The van der Waals surface area contributed by atoms with Crippen LogP contribution in [0, 0.1) is 0 Å². The van der Waals surface area contributed by atoms with Crippen LogP contribution >= 0.6 is 23.6 Å². The summed E-state index contributed by atoms with van der Waals surface area (Å²) in [7, 11) is 0. The molecular formula is C22H20ClNO3S. The van der Waals surface area contributed by atoms with E-state index in [1.165, 1.54) is 0 Å². The van der Waals surface area contributed by atoms with Gasteiger partial charge < -0.3 is 14.7 Å². The third-order valence-electron chi connectivity index (χ3n) is 4.24. The van der Waals surface area contributed by atoms with E-state index in [9.17, 15) is 4.79 Å². The molecule has 0 bridgehead atoms. The average Bonchev–Trinajstić information content (AvgIpc) is 2.71. The van der Waals surface area contributed by atoms with Gasteiger partial charge in [-0.3, -0.25) is 4.79 Å². The molecule has 0 aromatic heterocycles. The molecule has 3 aromatic carbocycles. The van der Waals surface area contributed by atoms with Crippen molar-refractivity contribution in [2.75, 3.05) is 0 Å². The summed E-state index contributed by atoms with van der Waals surface area (Å²) in [6.45, 7) is 1.84. The second-order valence-corrected chi connectivity index (χ2v) is 7.27. The highest BCUT2D eigenvalue weighted by atomic mass is 35.5. The molecule has 0 aliphatic heterocycles. The van der Waals surface area contributed by atoms with Gasteiger partial charge in [0, 0.05) is 5.02 Å². The van der Waals surface area contributed by atoms with Crippen LogP contribution in [-0.2, 0) is 19.5 Å². The highest BCUT2D eigenvalue weighted by Crippen LogP contribution is 2.26. The molecule has 0 spiro atoms. The number of allylic oxidation sites excluding steroid dienone is 1.